The number of sulfonamides is 1. The van der Waals surface area contributed by atoms with Crippen molar-refractivity contribution in [2.75, 3.05) is 19.0 Å². The van der Waals surface area contributed by atoms with Gasteiger partial charge in [0, 0.05) is 25.2 Å². The van der Waals surface area contributed by atoms with Crippen LogP contribution in [0.5, 0.6) is 5.75 Å². The number of amides is 1. The standard InChI is InChI=1S/C20H24N2O4S/c1-14(2)22(3)27(24,25)18-7-5-17(6-8-18)21-20(23)13-15-4-9-19-16(12-15)10-11-26-19/h4-9,12,14H,10-11,13H2,1-3H3,(H,21,23). The highest BCUT2D eigenvalue weighted by Crippen LogP contribution is 2.26. The summed E-state index contributed by atoms with van der Waals surface area (Å²) < 4.78 is 31.7. The minimum absolute atomic E-state index is 0.132. The van der Waals surface area contributed by atoms with Gasteiger partial charge in [-0.15, -0.1) is 0 Å². The lowest BCUT2D eigenvalue weighted by Gasteiger charge is -2.21. The molecule has 0 saturated carbocycles. The first-order chi connectivity index (χ1) is 12.8. The number of fused-ring (bicyclic) bond motifs is 1. The number of hydrogen-bond donors (Lipinski definition) is 1. The van der Waals surface area contributed by atoms with Gasteiger partial charge in [-0.25, -0.2) is 8.42 Å². The van der Waals surface area contributed by atoms with E-state index in [0.717, 1.165) is 23.3 Å². The third kappa shape index (κ3) is 4.31. The predicted octanol–water partition coefficient (Wildman–Crippen LogP) is 2.83. The van der Waals surface area contributed by atoms with Gasteiger partial charge >= 0.3 is 0 Å². The summed E-state index contributed by atoms with van der Waals surface area (Å²) in [7, 11) is -1.98. The first-order valence-electron chi connectivity index (χ1n) is 8.90. The zero-order valence-electron chi connectivity index (χ0n) is 15.7. The van der Waals surface area contributed by atoms with Crippen LogP contribution in [0.3, 0.4) is 0 Å². The van der Waals surface area contributed by atoms with Gasteiger partial charge in [0.15, 0.2) is 0 Å². The van der Waals surface area contributed by atoms with E-state index in [1.54, 1.807) is 19.2 Å². The molecule has 27 heavy (non-hydrogen) atoms. The molecule has 1 heterocycles. The van der Waals surface area contributed by atoms with Crippen LogP contribution < -0.4 is 10.1 Å². The van der Waals surface area contributed by atoms with Crippen LogP contribution >= 0.6 is 0 Å². The normalized spacial score (nSPS) is 13.5. The summed E-state index contributed by atoms with van der Waals surface area (Å²) in [5.74, 6) is 0.742. The lowest BCUT2D eigenvalue weighted by atomic mass is 10.1. The maximum absolute atomic E-state index is 12.5. The van der Waals surface area contributed by atoms with Crippen molar-refractivity contribution in [3.8, 4) is 5.75 Å². The molecule has 0 aromatic heterocycles. The summed E-state index contributed by atoms with van der Waals surface area (Å²) in [6.07, 6.45) is 1.12. The Bertz CT molecular complexity index is 937. The third-order valence-electron chi connectivity index (χ3n) is 4.66. The van der Waals surface area contributed by atoms with Crippen molar-refractivity contribution in [3.63, 3.8) is 0 Å². The van der Waals surface area contributed by atoms with Gasteiger partial charge in [0.2, 0.25) is 15.9 Å². The smallest absolute Gasteiger partial charge is 0.243 e. The fraction of sp³-hybridized carbons (Fsp3) is 0.350. The fourth-order valence-electron chi connectivity index (χ4n) is 2.89. The minimum atomic E-state index is -3.53. The first-order valence-corrected chi connectivity index (χ1v) is 10.3. The molecule has 3 rings (SSSR count). The van der Waals surface area contributed by atoms with Crippen LogP contribution in [0.1, 0.15) is 25.0 Å². The molecule has 0 atom stereocenters. The molecule has 144 valence electrons. The van der Waals surface area contributed by atoms with Gasteiger partial charge in [-0.05, 0) is 55.3 Å². The molecule has 2 aromatic carbocycles. The summed E-state index contributed by atoms with van der Waals surface area (Å²) in [6, 6.07) is 11.9. The van der Waals surface area contributed by atoms with E-state index >= 15 is 0 Å². The van der Waals surface area contributed by atoms with Crippen molar-refractivity contribution in [3.05, 3.63) is 53.6 Å². The van der Waals surface area contributed by atoms with E-state index in [0.29, 0.717) is 12.3 Å². The Morgan fingerprint density at radius 1 is 1.19 bits per heavy atom. The molecule has 1 aliphatic heterocycles. The fourth-order valence-corrected chi connectivity index (χ4v) is 4.26. The molecular weight excluding hydrogens is 364 g/mol. The van der Waals surface area contributed by atoms with E-state index in [9.17, 15) is 13.2 Å². The molecule has 7 heteroatoms. The maximum Gasteiger partial charge on any atom is 0.243 e. The molecule has 0 bridgehead atoms. The number of nitrogens with zero attached hydrogens (tertiary/aromatic N) is 1. The molecule has 0 unspecified atom stereocenters. The minimum Gasteiger partial charge on any atom is -0.493 e. The van der Waals surface area contributed by atoms with E-state index in [4.69, 9.17) is 4.74 Å². The van der Waals surface area contributed by atoms with Crippen molar-refractivity contribution >= 4 is 21.6 Å². The quantitative estimate of drug-likeness (QED) is 0.826. The zero-order valence-corrected chi connectivity index (χ0v) is 16.5. The lowest BCUT2D eigenvalue weighted by Crippen LogP contribution is -2.33. The molecule has 1 aliphatic rings. The Hall–Kier alpha value is -2.38. The Labute approximate surface area is 160 Å². The highest BCUT2D eigenvalue weighted by atomic mass is 32.2. The maximum atomic E-state index is 12.5. The second-order valence-electron chi connectivity index (χ2n) is 6.90. The molecule has 6 nitrogen and oxygen atoms in total. The van der Waals surface area contributed by atoms with Crippen LogP contribution in [0, 0.1) is 0 Å². The summed E-state index contributed by atoms with van der Waals surface area (Å²) in [5, 5.41) is 2.81. The molecule has 0 spiro atoms. The molecule has 0 radical (unpaired) electrons. The van der Waals surface area contributed by atoms with Gasteiger partial charge in [-0.3, -0.25) is 4.79 Å². The van der Waals surface area contributed by atoms with Gasteiger partial charge < -0.3 is 10.1 Å². The molecular formula is C20H24N2O4S. The highest BCUT2D eigenvalue weighted by molar-refractivity contribution is 7.89. The second kappa shape index (κ2) is 7.70. The van der Waals surface area contributed by atoms with E-state index in [2.05, 4.69) is 5.32 Å². The highest BCUT2D eigenvalue weighted by Gasteiger charge is 2.22. The van der Waals surface area contributed by atoms with Crippen molar-refractivity contribution in [1.82, 2.24) is 4.31 Å². The van der Waals surface area contributed by atoms with Crippen molar-refractivity contribution in [1.29, 1.82) is 0 Å². The van der Waals surface area contributed by atoms with Crippen LogP contribution in [0.25, 0.3) is 0 Å². The van der Waals surface area contributed by atoms with Gasteiger partial charge in [0.1, 0.15) is 5.75 Å². The predicted molar refractivity (Wildman–Crippen MR) is 105 cm³/mol. The second-order valence-corrected chi connectivity index (χ2v) is 8.90. The van der Waals surface area contributed by atoms with Crippen molar-refractivity contribution in [2.45, 2.75) is 37.6 Å². The number of hydrogen-bond acceptors (Lipinski definition) is 4. The summed E-state index contributed by atoms with van der Waals surface area (Å²) >= 11 is 0. The van der Waals surface area contributed by atoms with E-state index < -0.39 is 10.0 Å². The topological polar surface area (TPSA) is 75.7 Å². The number of nitrogens with one attached hydrogen (secondary N) is 1. The van der Waals surface area contributed by atoms with Crippen molar-refractivity contribution in [2.24, 2.45) is 0 Å². The number of anilines is 1. The van der Waals surface area contributed by atoms with E-state index in [1.807, 2.05) is 32.0 Å². The average Bonchev–Trinajstić information content (AvgIpc) is 3.09. The third-order valence-corrected chi connectivity index (χ3v) is 6.71. The molecule has 0 fully saturated rings. The van der Waals surface area contributed by atoms with Gasteiger partial charge in [0.05, 0.1) is 17.9 Å². The van der Waals surface area contributed by atoms with Crippen molar-refractivity contribution < 1.29 is 17.9 Å². The van der Waals surface area contributed by atoms with Crippen LogP contribution in [0.4, 0.5) is 5.69 Å². The number of ether oxygens (including phenoxy) is 1. The molecule has 1 amide bonds. The largest absolute Gasteiger partial charge is 0.493 e. The van der Waals surface area contributed by atoms with E-state index in [1.165, 1.54) is 16.4 Å². The van der Waals surface area contributed by atoms with Gasteiger partial charge in [-0.1, -0.05) is 12.1 Å². The van der Waals surface area contributed by atoms with Crippen LogP contribution in [0.2, 0.25) is 0 Å². The van der Waals surface area contributed by atoms with E-state index in [-0.39, 0.29) is 23.3 Å². The Morgan fingerprint density at radius 2 is 1.89 bits per heavy atom. The van der Waals surface area contributed by atoms with Gasteiger partial charge in [0.25, 0.3) is 0 Å². The lowest BCUT2D eigenvalue weighted by molar-refractivity contribution is -0.115. The molecule has 0 saturated heterocycles. The Kier molecular flexibility index (Phi) is 5.53. The molecule has 1 N–H and O–H groups in total. The number of benzene rings is 2. The van der Waals surface area contributed by atoms with Gasteiger partial charge in [-0.2, -0.15) is 4.31 Å². The summed E-state index contributed by atoms with van der Waals surface area (Å²) in [4.78, 5) is 12.5. The first kappa shape index (κ1) is 19.4. The molecule has 0 aliphatic carbocycles. The van der Waals surface area contributed by atoms with Crippen LogP contribution in [-0.4, -0.2) is 38.3 Å². The zero-order chi connectivity index (χ0) is 19.6. The summed E-state index contributed by atoms with van der Waals surface area (Å²) in [6.45, 7) is 4.32. The Morgan fingerprint density at radius 3 is 2.56 bits per heavy atom. The summed E-state index contributed by atoms with van der Waals surface area (Å²) in [5.41, 5.74) is 2.62. The number of rotatable bonds is 6. The Balaban J connectivity index is 1.65. The van der Waals surface area contributed by atoms with Crippen LogP contribution in [-0.2, 0) is 27.7 Å². The SMILES string of the molecule is CC(C)N(C)S(=O)(=O)c1ccc(NC(=O)Cc2ccc3c(c2)CCO3)cc1. The van der Waals surface area contributed by atoms with Crippen LogP contribution in [0.15, 0.2) is 47.4 Å². The monoisotopic (exact) mass is 388 g/mol. The molecule has 2 aromatic rings. The number of carbonyl (C=O) groups excluding carboxylic acids is 1. The average molecular weight is 388 g/mol. The number of carbonyl (C=O) groups is 1.